The smallest absolute Gasteiger partial charge is 0.306 e. The highest BCUT2D eigenvalue weighted by Gasteiger charge is 2.43. The number of esters is 1. The van der Waals surface area contributed by atoms with Crippen molar-refractivity contribution >= 4 is 29.5 Å². The molecule has 0 aromatic rings. The maximum atomic E-state index is 12.4. The van der Waals surface area contributed by atoms with Gasteiger partial charge in [0.2, 0.25) is 11.8 Å². The topological polar surface area (TPSA) is 63.7 Å². The summed E-state index contributed by atoms with van der Waals surface area (Å²) in [7, 11) is 1.35. The van der Waals surface area contributed by atoms with Crippen molar-refractivity contribution in [1.29, 1.82) is 0 Å². The first-order valence-electron chi connectivity index (χ1n) is 7.11. The van der Waals surface area contributed by atoms with Gasteiger partial charge in [-0.25, -0.2) is 0 Å². The third kappa shape index (κ3) is 3.34. The van der Waals surface area contributed by atoms with Gasteiger partial charge in [-0.2, -0.15) is 0 Å². The van der Waals surface area contributed by atoms with Crippen molar-refractivity contribution < 1.29 is 19.1 Å². The Bertz CT molecular complexity index is 406. The number of thioether (sulfide) groups is 1. The molecule has 0 radical (unpaired) electrons. The van der Waals surface area contributed by atoms with Gasteiger partial charge in [0.15, 0.2) is 0 Å². The van der Waals surface area contributed by atoms with E-state index in [1.54, 1.807) is 0 Å². The van der Waals surface area contributed by atoms with E-state index in [0.717, 1.165) is 25.7 Å². The van der Waals surface area contributed by atoms with E-state index >= 15 is 0 Å². The summed E-state index contributed by atoms with van der Waals surface area (Å²) in [6.45, 7) is 1.89. The Morgan fingerprint density at radius 1 is 1.40 bits per heavy atom. The van der Waals surface area contributed by atoms with Gasteiger partial charge in [0.05, 0.1) is 18.8 Å². The van der Waals surface area contributed by atoms with Crippen LogP contribution in [0.15, 0.2) is 0 Å². The Morgan fingerprint density at radius 3 is 2.65 bits per heavy atom. The molecular weight excluding hydrogens is 278 g/mol. The molecule has 1 saturated heterocycles. The third-order valence-electron chi connectivity index (χ3n) is 3.91. The molecule has 5 nitrogen and oxygen atoms in total. The first-order valence-corrected chi connectivity index (χ1v) is 8.05. The minimum atomic E-state index is -0.331. The van der Waals surface area contributed by atoms with Gasteiger partial charge < -0.3 is 4.74 Å². The molecule has 2 unspecified atom stereocenters. The van der Waals surface area contributed by atoms with E-state index in [4.69, 9.17) is 0 Å². The molecule has 20 heavy (non-hydrogen) atoms. The van der Waals surface area contributed by atoms with Gasteiger partial charge in [-0.15, -0.1) is 11.8 Å². The number of ether oxygens (including phenoxy) is 1. The van der Waals surface area contributed by atoms with Crippen LogP contribution in [-0.2, 0) is 19.1 Å². The predicted octanol–water partition coefficient (Wildman–Crippen LogP) is 1.74. The molecule has 2 fully saturated rings. The molecule has 1 aliphatic carbocycles. The lowest BCUT2D eigenvalue weighted by Crippen LogP contribution is -2.39. The van der Waals surface area contributed by atoms with E-state index in [1.165, 1.54) is 23.8 Å². The first kappa shape index (κ1) is 15.4. The number of nitrogens with zero attached hydrogens (tertiary/aromatic N) is 1. The van der Waals surface area contributed by atoms with E-state index in [9.17, 15) is 14.4 Å². The Morgan fingerprint density at radius 2 is 2.05 bits per heavy atom. The lowest BCUT2D eigenvalue weighted by molar-refractivity contribution is -0.142. The zero-order chi connectivity index (χ0) is 14.7. The molecule has 1 aliphatic heterocycles. The van der Waals surface area contributed by atoms with Crippen molar-refractivity contribution in [2.24, 2.45) is 0 Å². The van der Waals surface area contributed by atoms with E-state index in [1.807, 2.05) is 6.92 Å². The van der Waals surface area contributed by atoms with Crippen LogP contribution in [-0.4, -0.2) is 46.3 Å². The second kappa shape index (κ2) is 6.61. The molecule has 2 amide bonds. The standard InChI is InChI=1S/C14H21NO4S/c1-9(7-13(17)19-2)20-11-8-12(16)15(14(11)18)10-5-3-4-6-10/h9-11H,3-8H2,1-2H3. The summed E-state index contributed by atoms with van der Waals surface area (Å²) in [5, 5.41) is -0.351. The van der Waals surface area contributed by atoms with E-state index in [0.29, 0.717) is 0 Å². The van der Waals surface area contributed by atoms with Crippen LogP contribution >= 0.6 is 11.8 Å². The van der Waals surface area contributed by atoms with Gasteiger partial charge in [-0.1, -0.05) is 19.8 Å². The summed E-state index contributed by atoms with van der Waals surface area (Å²) in [5.41, 5.74) is 0. The van der Waals surface area contributed by atoms with Crippen LogP contribution in [0.3, 0.4) is 0 Å². The molecular formula is C14H21NO4S. The lowest BCUT2D eigenvalue weighted by Gasteiger charge is -2.22. The molecule has 2 rings (SSSR count). The largest absolute Gasteiger partial charge is 0.469 e. The minimum Gasteiger partial charge on any atom is -0.469 e. The van der Waals surface area contributed by atoms with E-state index < -0.39 is 0 Å². The van der Waals surface area contributed by atoms with Crippen molar-refractivity contribution in [3.05, 3.63) is 0 Å². The van der Waals surface area contributed by atoms with Crippen molar-refractivity contribution in [2.45, 2.75) is 62.0 Å². The fourth-order valence-corrected chi connectivity index (χ4v) is 4.18. The maximum Gasteiger partial charge on any atom is 0.306 e. The van der Waals surface area contributed by atoms with Gasteiger partial charge in [-0.3, -0.25) is 19.3 Å². The molecule has 1 saturated carbocycles. The average molecular weight is 299 g/mol. The van der Waals surface area contributed by atoms with Crippen LogP contribution in [0.25, 0.3) is 0 Å². The monoisotopic (exact) mass is 299 g/mol. The molecule has 2 aliphatic rings. The number of carbonyl (C=O) groups is 3. The van der Waals surface area contributed by atoms with Gasteiger partial charge in [0.1, 0.15) is 0 Å². The number of rotatable bonds is 5. The van der Waals surface area contributed by atoms with Crippen LogP contribution in [0.4, 0.5) is 0 Å². The molecule has 6 heteroatoms. The molecule has 0 bridgehead atoms. The summed E-state index contributed by atoms with van der Waals surface area (Å²) in [4.78, 5) is 37.1. The van der Waals surface area contributed by atoms with Crippen molar-refractivity contribution in [2.75, 3.05) is 7.11 Å². The van der Waals surface area contributed by atoms with Crippen LogP contribution in [0.1, 0.15) is 45.4 Å². The number of likely N-dealkylation sites (tertiary alicyclic amines) is 1. The van der Waals surface area contributed by atoms with Gasteiger partial charge >= 0.3 is 5.97 Å². The predicted molar refractivity (Wildman–Crippen MR) is 76.2 cm³/mol. The highest BCUT2D eigenvalue weighted by atomic mass is 32.2. The molecule has 1 heterocycles. The Balaban J connectivity index is 1.92. The number of imide groups is 1. The van der Waals surface area contributed by atoms with Crippen LogP contribution in [0, 0.1) is 0 Å². The summed E-state index contributed by atoms with van der Waals surface area (Å²) in [6, 6.07) is 0.108. The highest BCUT2D eigenvalue weighted by Crippen LogP contribution is 2.34. The molecule has 0 aromatic heterocycles. The Hall–Kier alpha value is -1.04. The summed E-state index contributed by atoms with van der Waals surface area (Å²) >= 11 is 1.41. The summed E-state index contributed by atoms with van der Waals surface area (Å²) in [6.07, 6.45) is 4.60. The SMILES string of the molecule is COC(=O)CC(C)SC1CC(=O)N(C2CCCC2)C1=O. The number of carbonyl (C=O) groups excluding carboxylic acids is 3. The Labute approximate surface area is 123 Å². The molecule has 0 N–H and O–H groups in total. The average Bonchev–Trinajstić information content (AvgIpc) is 2.99. The van der Waals surface area contributed by atoms with Gasteiger partial charge in [0.25, 0.3) is 0 Å². The number of amides is 2. The first-order chi connectivity index (χ1) is 9.52. The molecule has 0 spiro atoms. The Kier molecular flexibility index (Phi) is 5.07. The van der Waals surface area contributed by atoms with Gasteiger partial charge in [0, 0.05) is 17.7 Å². The van der Waals surface area contributed by atoms with Crippen LogP contribution in [0.5, 0.6) is 0 Å². The minimum absolute atomic E-state index is 0.0206. The van der Waals surface area contributed by atoms with Gasteiger partial charge in [-0.05, 0) is 12.8 Å². The van der Waals surface area contributed by atoms with Crippen molar-refractivity contribution in [3.63, 3.8) is 0 Å². The maximum absolute atomic E-state index is 12.4. The van der Waals surface area contributed by atoms with Crippen molar-refractivity contribution in [1.82, 2.24) is 4.90 Å². The zero-order valence-electron chi connectivity index (χ0n) is 12.0. The highest BCUT2D eigenvalue weighted by molar-refractivity contribution is 8.01. The fourth-order valence-electron chi connectivity index (χ4n) is 2.92. The second-order valence-electron chi connectivity index (χ2n) is 5.46. The summed E-state index contributed by atoms with van der Waals surface area (Å²) < 4.78 is 4.62. The third-order valence-corrected chi connectivity index (χ3v) is 5.24. The molecule has 112 valence electrons. The second-order valence-corrected chi connectivity index (χ2v) is 7.11. The van der Waals surface area contributed by atoms with Crippen molar-refractivity contribution in [3.8, 4) is 0 Å². The van der Waals surface area contributed by atoms with E-state index in [2.05, 4.69) is 4.74 Å². The lowest BCUT2D eigenvalue weighted by atomic mass is 10.2. The molecule has 0 aromatic carbocycles. The summed E-state index contributed by atoms with van der Waals surface area (Å²) in [5.74, 6) is -0.400. The molecule has 2 atom stereocenters. The number of hydrogen-bond donors (Lipinski definition) is 0. The van der Waals surface area contributed by atoms with E-state index in [-0.39, 0.29) is 47.2 Å². The van der Waals surface area contributed by atoms with Crippen LogP contribution in [0.2, 0.25) is 0 Å². The van der Waals surface area contributed by atoms with Crippen LogP contribution < -0.4 is 0 Å². The quantitative estimate of drug-likeness (QED) is 0.571. The zero-order valence-corrected chi connectivity index (χ0v) is 12.8. The number of methoxy groups -OCH3 is 1. The fraction of sp³-hybridized carbons (Fsp3) is 0.786. The number of hydrogen-bond acceptors (Lipinski definition) is 5. The normalized spacial score (nSPS) is 25.3.